The Kier molecular flexibility index (Phi) is 7.41. The Labute approximate surface area is 189 Å². The van der Waals surface area contributed by atoms with Crippen LogP contribution in [0.3, 0.4) is 0 Å². The first-order chi connectivity index (χ1) is 15.2. The zero-order chi connectivity index (χ0) is 23.5. The zero-order valence-electron chi connectivity index (χ0n) is 17.7. The van der Waals surface area contributed by atoms with Crippen molar-refractivity contribution in [3.05, 3.63) is 41.8 Å². The van der Waals surface area contributed by atoms with E-state index in [1.807, 2.05) is 0 Å². The van der Waals surface area contributed by atoms with E-state index in [4.69, 9.17) is 9.47 Å². The lowest BCUT2D eigenvalue weighted by Gasteiger charge is -2.28. The topological polar surface area (TPSA) is 122 Å². The minimum absolute atomic E-state index is 0.0433. The average Bonchev–Trinajstić information content (AvgIpc) is 3.38. The molecule has 1 aliphatic rings. The fourth-order valence-electron chi connectivity index (χ4n) is 3.32. The maximum atomic E-state index is 13.3. The van der Waals surface area contributed by atoms with Crippen LogP contribution in [0.5, 0.6) is 0 Å². The van der Waals surface area contributed by atoms with Crippen LogP contribution in [0.4, 0.5) is 11.4 Å². The second-order valence-electron chi connectivity index (χ2n) is 6.92. The van der Waals surface area contributed by atoms with Crippen molar-refractivity contribution in [2.45, 2.75) is 29.9 Å². The second kappa shape index (κ2) is 9.88. The smallest absolute Gasteiger partial charge is 0.253 e. The lowest BCUT2D eigenvalue weighted by molar-refractivity contribution is -0.126. The van der Waals surface area contributed by atoms with Gasteiger partial charge >= 0.3 is 0 Å². The number of nitrogens with zero attached hydrogens (tertiary/aromatic N) is 2. The number of benzene rings is 1. The number of hydrogen-bond donors (Lipinski definition) is 1. The monoisotopic (exact) mass is 481 g/mol. The number of carbonyl (C=O) groups is 3. The lowest BCUT2D eigenvalue weighted by atomic mass is 10.2. The van der Waals surface area contributed by atoms with Gasteiger partial charge in [0.15, 0.2) is 6.29 Å². The van der Waals surface area contributed by atoms with Gasteiger partial charge in [-0.2, -0.15) is 4.31 Å². The summed E-state index contributed by atoms with van der Waals surface area (Å²) in [6.45, 7) is 1.09. The maximum Gasteiger partial charge on any atom is 0.253 e. The van der Waals surface area contributed by atoms with Crippen molar-refractivity contribution in [2.24, 2.45) is 0 Å². The molecule has 3 rings (SSSR count). The average molecular weight is 482 g/mol. The van der Waals surface area contributed by atoms with E-state index in [2.05, 4.69) is 5.32 Å². The molecule has 1 unspecified atom stereocenters. The molecule has 1 fully saturated rings. The quantitative estimate of drug-likeness (QED) is 0.427. The molecule has 1 N–H and O–H groups in total. The van der Waals surface area contributed by atoms with Crippen molar-refractivity contribution in [2.75, 3.05) is 31.0 Å². The van der Waals surface area contributed by atoms with Gasteiger partial charge in [-0.1, -0.05) is 6.07 Å². The number of nitrogens with one attached hydrogen (secondary N) is 1. The van der Waals surface area contributed by atoms with Crippen LogP contribution >= 0.6 is 11.3 Å². The number of imide groups is 1. The molecule has 1 aromatic carbocycles. The van der Waals surface area contributed by atoms with Gasteiger partial charge in [-0.25, -0.2) is 13.3 Å². The van der Waals surface area contributed by atoms with Crippen LogP contribution in [0.15, 0.2) is 46.0 Å². The standard InChI is InChI=1S/C20H23N3O7S2/c1-13(24)21-14-6-8-15(9-7-14)23-17(25)11-16(20(23)26)22(12-18(29-2)30-3)32(27,28)19-5-4-10-31-19/h4-10,16,18H,11-12H2,1-3H3,(H,21,24). The highest BCUT2D eigenvalue weighted by Crippen LogP contribution is 2.31. The van der Waals surface area contributed by atoms with Gasteiger partial charge in [0.1, 0.15) is 10.3 Å². The van der Waals surface area contributed by atoms with Gasteiger partial charge in [0.2, 0.25) is 11.8 Å². The summed E-state index contributed by atoms with van der Waals surface area (Å²) >= 11 is 1.01. The Morgan fingerprint density at radius 2 is 1.88 bits per heavy atom. The number of amides is 3. The van der Waals surface area contributed by atoms with Crippen molar-refractivity contribution in [1.29, 1.82) is 0 Å². The first kappa shape index (κ1) is 24.0. The summed E-state index contributed by atoms with van der Waals surface area (Å²) in [7, 11) is -1.38. The Morgan fingerprint density at radius 3 is 2.41 bits per heavy atom. The highest BCUT2D eigenvalue weighted by atomic mass is 32.2. The summed E-state index contributed by atoms with van der Waals surface area (Å²) in [5.41, 5.74) is 0.780. The molecule has 0 radical (unpaired) electrons. The molecule has 2 heterocycles. The molecule has 2 aromatic rings. The van der Waals surface area contributed by atoms with E-state index in [1.54, 1.807) is 23.6 Å². The van der Waals surface area contributed by atoms with Crippen LogP contribution in [0, 0.1) is 0 Å². The molecule has 3 amide bonds. The minimum atomic E-state index is -4.09. The fourth-order valence-corrected chi connectivity index (χ4v) is 6.01. The number of carbonyl (C=O) groups excluding carboxylic acids is 3. The summed E-state index contributed by atoms with van der Waals surface area (Å²) in [5, 5.41) is 4.21. The number of hydrogen-bond acceptors (Lipinski definition) is 8. The summed E-state index contributed by atoms with van der Waals surface area (Å²) in [6, 6.07) is 7.89. The van der Waals surface area contributed by atoms with Gasteiger partial charge in [0, 0.05) is 26.8 Å². The highest BCUT2D eigenvalue weighted by Gasteiger charge is 2.47. The van der Waals surface area contributed by atoms with Gasteiger partial charge < -0.3 is 14.8 Å². The summed E-state index contributed by atoms with van der Waals surface area (Å²) in [4.78, 5) is 38.1. The predicted octanol–water partition coefficient (Wildman–Crippen LogP) is 1.65. The third-order valence-electron chi connectivity index (χ3n) is 4.83. The largest absolute Gasteiger partial charge is 0.354 e. The number of rotatable bonds is 9. The van der Waals surface area contributed by atoms with Gasteiger partial charge in [0.05, 0.1) is 18.7 Å². The molecule has 32 heavy (non-hydrogen) atoms. The van der Waals surface area contributed by atoms with E-state index in [9.17, 15) is 22.8 Å². The van der Waals surface area contributed by atoms with Crippen LogP contribution in [-0.4, -0.2) is 63.5 Å². The van der Waals surface area contributed by atoms with Crippen LogP contribution in [0.1, 0.15) is 13.3 Å². The van der Waals surface area contributed by atoms with Gasteiger partial charge in [-0.3, -0.25) is 14.4 Å². The molecule has 1 aliphatic heterocycles. The number of anilines is 2. The first-order valence-corrected chi connectivity index (χ1v) is 11.9. The molecule has 172 valence electrons. The Balaban J connectivity index is 1.93. The van der Waals surface area contributed by atoms with Crippen molar-refractivity contribution < 1.29 is 32.3 Å². The van der Waals surface area contributed by atoms with Crippen molar-refractivity contribution in [3.8, 4) is 0 Å². The summed E-state index contributed by atoms with van der Waals surface area (Å²) in [6.07, 6.45) is -1.25. The molecular formula is C20H23N3O7S2. The molecule has 1 saturated heterocycles. The van der Waals surface area contributed by atoms with Crippen LogP contribution in [0.25, 0.3) is 0 Å². The van der Waals surface area contributed by atoms with E-state index in [0.29, 0.717) is 5.69 Å². The van der Waals surface area contributed by atoms with E-state index in [1.165, 1.54) is 39.3 Å². The Hall–Kier alpha value is -2.64. The highest BCUT2D eigenvalue weighted by molar-refractivity contribution is 7.91. The third-order valence-corrected chi connectivity index (χ3v) is 8.08. The number of thiophene rings is 1. The van der Waals surface area contributed by atoms with Crippen LogP contribution in [0.2, 0.25) is 0 Å². The summed E-state index contributed by atoms with van der Waals surface area (Å²) in [5.74, 6) is -1.47. The predicted molar refractivity (Wildman–Crippen MR) is 118 cm³/mol. The van der Waals surface area contributed by atoms with Crippen LogP contribution < -0.4 is 10.2 Å². The number of ether oxygens (including phenoxy) is 2. The number of sulfonamides is 1. The fraction of sp³-hybridized carbons (Fsp3) is 0.350. The van der Waals surface area contributed by atoms with E-state index in [0.717, 1.165) is 20.5 Å². The van der Waals surface area contributed by atoms with Gasteiger partial charge in [0.25, 0.3) is 15.9 Å². The van der Waals surface area contributed by atoms with Crippen LogP contribution in [-0.2, 0) is 33.9 Å². The summed E-state index contributed by atoms with van der Waals surface area (Å²) < 4.78 is 37.9. The number of methoxy groups -OCH3 is 2. The third kappa shape index (κ3) is 4.89. The minimum Gasteiger partial charge on any atom is -0.354 e. The molecule has 0 saturated carbocycles. The van der Waals surface area contributed by atoms with E-state index >= 15 is 0 Å². The first-order valence-electron chi connectivity index (χ1n) is 9.54. The van der Waals surface area contributed by atoms with E-state index < -0.39 is 34.2 Å². The molecule has 12 heteroatoms. The molecular weight excluding hydrogens is 458 g/mol. The molecule has 1 atom stereocenters. The molecule has 0 bridgehead atoms. The van der Waals surface area contributed by atoms with Crippen molar-refractivity contribution in [3.63, 3.8) is 0 Å². The molecule has 0 aliphatic carbocycles. The van der Waals surface area contributed by atoms with Gasteiger partial charge in [-0.15, -0.1) is 11.3 Å². The molecule has 10 nitrogen and oxygen atoms in total. The van der Waals surface area contributed by atoms with Crippen molar-refractivity contribution >= 4 is 50.5 Å². The molecule has 0 spiro atoms. The zero-order valence-corrected chi connectivity index (χ0v) is 19.3. The maximum absolute atomic E-state index is 13.3. The lowest BCUT2D eigenvalue weighted by Crippen LogP contribution is -2.48. The Morgan fingerprint density at radius 1 is 1.22 bits per heavy atom. The van der Waals surface area contributed by atoms with E-state index in [-0.39, 0.29) is 28.8 Å². The van der Waals surface area contributed by atoms with Gasteiger partial charge in [-0.05, 0) is 35.7 Å². The Bertz CT molecular complexity index is 1080. The normalized spacial score (nSPS) is 16.9. The van der Waals surface area contributed by atoms with Crippen molar-refractivity contribution in [1.82, 2.24) is 4.31 Å². The SMILES string of the molecule is COC(CN(C1CC(=O)N(c2ccc(NC(C)=O)cc2)C1=O)S(=O)(=O)c1cccs1)OC. The molecule has 1 aromatic heterocycles. The second-order valence-corrected chi connectivity index (χ2v) is 9.99.